The van der Waals surface area contributed by atoms with Crippen LogP contribution in [0, 0.1) is 0 Å². The van der Waals surface area contributed by atoms with Crippen molar-refractivity contribution in [2.24, 2.45) is 0 Å². The molecule has 26 heteroatoms. The largest absolute Gasteiger partial charge is 0.460 e. The lowest BCUT2D eigenvalue weighted by molar-refractivity contribution is -0.439. The number of halogens is 26. The number of alkyl halides is 26. The van der Waals surface area contributed by atoms with Crippen molar-refractivity contribution in [3.8, 4) is 0 Å². The van der Waals surface area contributed by atoms with Crippen LogP contribution in [0.2, 0.25) is 0 Å². The Morgan fingerprint density at radius 1 is 0.238 bits per heavy atom. The van der Waals surface area contributed by atoms with Gasteiger partial charge in [0.25, 0.3) is 0 Å². The zero-order chi connectivity index (χ0) is 34.8. The summed E-state index contributed by atoms with van der Waals surface area (Å²) in [5.74, 6) is -80.0. The van der Waals surface area contributed by atoms with Gasteiger partial charge in [0.2, 0.25) is 0 Å². The van der Waals surface area contributed by atoms with E-state index in [1.54, 1.807) is 0 Å². The first-order valence-corrected chi connectivity index (χ1v) is 9.27. The normalized spacial score (nSPS) is 16.9. The standard InChI is InChI=1S/C16H6F26/c17-5(18,7(21,22)9(25,26)11(29,30)13(33,34)15(37,38)39)3-1-2-4-6(19,20)8(23,24)10(27,28)12(31,32)14(35,36)16(40,41)42/h1-2H,3-4H2. The van der Waals surface area contributed by atoms with Crippen LogP contribution < -0.4 is 0 Å². The quantitative estimate of drug-likeness (QED) is 0.141. The molecule has 0 nitrogen and oxygen atoms in total. The third-order valence-electron chi connectivity index (χ3n) is 4.91. The molecular formula is C16H6F26. The predicted octanol–water partition coefficient (Wildman–Crippen LogP) is 9.80. The SMILES string of the molecule is FC(F)(F)C(F)(F)C(F)(F)C(F)(F)C(F)(F)C(F)(F)CC=CCC(F)(F)C(F)(F)C(F)(F)C(F)(F)C(F)(F)C(F)(F)F. The van der Waals surface area contributed by atoms with Gasteiger partial charge in [-0.1, -0.05) is 12.2 Å². The van der Waals surface area contributed by atoms with Gasteiger partial charge in [0.1, 0.15) is 0 Å². The summed E-state index contributed by atoms with van der Waals surface area (Å²) in [6.07, 6.45) is -25.2. The minimum absolute atomic E-state index is 1.27. The average molecular weight is 692 g/mol. The fourth-order valence-corrected chi connectivity index (χ4v) is 2.32. The molecule has 0 saturated heterocycles. The highest BCUT2D eigenvalue weighted by Gasteiger charge is 2.92. The van der Waals surface area contributed by atoms with Crippen molar-refractivity contribution in [1.29, 1.82) is 0 Å². The van der Waals surface area contributed by atoms with Gasteiger partial charge in [0.05, 0.1) is 0 Å². The first-order chi connectivity index (χ1) is 17.7. The molecule has 0 saturated carbocycles. The fourth-order valence-electron chi connectivity index (χ4n) is 2.32. The van der Waals surface area contributed by atoms with E-state index in [-0.39, 0.29) is 0 Å². The highest BCUT2D eigenvalue weighted by atomic mass is 19.4. The lowest BCUT2D eigenvalue weighted by atomic mass is 9.91. The molecule has 0 aliphatic heterocycles. The Balaban J connectivity index is 6.28. The minimum atomic E-state index is -8.40. The van der Waals surface area contributed by atoms with Gasteiger partial charge >= 0.3 is 71.6 Å². The molecule has 0 aromatic rings. The van der Waals surface area contributed by atoms with Crippen LogP contribution in [0.25, 0.3) is 0 Å². The highest BCUT2D eigenvalue weighted by Crippen LogP contribution is 2.62. The highest BCUT2D eigenvalue weighted by molar-refractivity contribution is 5.13. The van der Waals surface area contributed by atoms with Crippen LogP contribution >= 0.6 is 0 Å². The van der Waals surface area contributed by atoms with E-state index in [0.29, 0.717) is 0 Å². The Kier molecular flexibility index (Phi) is 9.73. The maximum atomic E-state index is 13.5. The topological polar surface area (TPSA) is 0 Å². The molecule has 252 valence electrons. The Hall–Kier alpha value is -2.08. The van der Waals surface area contributed by atoms with Crippen LogP contribution in [0.3, 0.4) is 0 Å². The van der Waals surface area contributed by atoms with Crippen molar-refractivity contribution >= 4 is 0 Å². The van der Waals surface area contributed by atoms with E-state index in [9.17, 15) is 114 Å². The van der Waals surface area contributed by atoms with Crippen LogP contribution in [0.5, 0.6) is 0 Å². The van der Waals surface area contributed by atoms with Gasteiger partial charge in [-0.15, -0.1) is 0 Å². The second kappa shape index (κ2) is 10.2. The predicted molar refractivity (Wildman–Crippen MR) is 80.0 cm³/mol. The second-order valence-electron chi connectivity index (χ2n) is 7.88. The molecule has 0 rings (SSSR count). The van der Waals surface area contributed by atoms with Gasteiger partial charge in [0, 0.05) is 12.8 Å². The molecule has 0 aromatic heterocycles. The Bertz CT molecular complexity index is 895. The molecule has 0 aliphatic rings. The molecular weight excluding hydrogens is 686 g/mol. The Morgan fingerprint density at radius 3 is 0.571 bits per heavy atom. The van der Waals surface area contributed by atoms with Gasteiger partial charge in [-0.2, -0.15) is 114 Å². The third-order valence-corrected chi connectivity index (χ3v) is 4.91. The monoisotopic (exact) mass is 692 g/mol. The summed E-state index contributed by atoms with van der Waals surface area (Å²) < 4.78 is 335. The van der Waals surface area contributed by atoms with Gasteiger partial charge < -0.3 is 0 Å². The number of hydrogen-bond acceptors (Lipinski definition) is 0. The first-order valence-electron chi connectivity index (χ1n) is 9.27. The summed E-state index contributed by atoms with van der Waals surface area (Å²) in [6, 6.07) is 0. The Morgan fingerprint density at radius 2 is 0.405 bits per heavy atom. The maximum absolute atomic E-state index is 13.5. The van der Waals surface area contributed by atoms with Gasteiger partial charge in [0.15, 0.2) is 0 Å². The fraction of sp³-hybridized carbons (Fsp3) is 0.875. The summed E-state index contributed by atoms with van der Waals surface area (Å²) in [6.45, 7) is 0. The van der Waals surface area contributed by atoms with Crippen molar-refractivity contribution in [3.63, 3.8) is 0 Å². The van der Waals surface area contributed by atoms with E-state index in [0.717, 1.165) is 0 Å². The van der Waals surface area contributed by atoms with Crippen molar-refractivity contribution in [2.45, 2.75) is 84.4 Å². The molecule has 0 radical (unpaired) electrons. The maximum Gasteiger partial charge on any atom is 0.460 e. The number of allylic oxidation sites excluding steroid dienone is 2. The van der Waals surface area contributed by atoms with Crippen LogP contribution in [-0.2, 0) is 0 Å². The van der Waals surface area contributed by atoms with Crippen LogP contribution in [0.15, 0.2) is 12.2 Å². The lowest BCUT2D eigenvalue weighted by Crippen LogP contribution is -2.70. The first kappa shape index (κ1) is 39.9. The number of hydrogen-bond donors (Lipinski definition) is 0. The molecule has 0 atom stereocenters. The molecule has 0 N–H and O–H groups in total. The van der Waals surface area contributed by atoms with E-state index in [1.807, 2.05) is 0 Å². The summed E-state index contributed by atoms with van der Waals surface area (Å²) in [5.41, 5.74) is 0. The third kappa shape index (κ3) is 5.50. The van der Waals surface area contributed by atoms with Crippen LogP contribution in [0.4, 0.5) is 114 Å². The van der Waals surface area contributed by atoms with E-state index < -0.39 is 96.6 Å². The molecule has 42 heavy (non-hydrogen) atoms. The molecule has 0 spiro atoms. The van der Waals surface area contributed by atoms with Crippen molar-refractivity contribution in [2.75, 3.05) is 0 Å². The molecule has 0 amide bonds. The van der Waals surface area contributed by atoms with E-state index in [2.05, 4.69) is 0 Å². The van der Waals surface area contributed by atoms with Gasteiger partial charge in [-0.25, -0.2) is 0 Å². The van der Waals surface area contributed by atoms with E-state index in [1.165, 1.54) is 0 Å². The summed E-state index contributed by atoms with van der Waals surface area (Å²) in [4.78, 5) is 0. The smallest absolute Gasteiger partial charge is 0.199 e. The average Bonchev–Trinajstić information content (AvgIpc) is 2.74. The zero-order valence-electron chi connectivity index (χ0n) is 18.4. The van der Waals surface area contributed by atoms with E-state index in [4.69, 9.17) is 0 Å². The lowest BCUT2D eigenvalue weighted by Gasteiger charge is -2.39. The van der Waals surface area contributed by atoms with Crippen LogP contribution in [0.1, 0.15) is 12.8 Å². The Labute approximate surface area is 212 Å². The molecule has 0 bridgehead atoms. The molecule has 0 fully saturated rings. The molecule has 0 unspecified atom stereocenters. The molecule has 0 heterocycles. The van der Waals surface area contributed by atoms with Crippen LogP contribution in [-0.4, -0.2) is 71.6 Å². The van der Waals surface area contributed by atoms with Gasteiger partial charge in [-0.3, -0.25) is 0 Å². The zero-order valence-corrected chi connectivity index (χ0v) is 18.4. The van der Waals surface area contributed by atoms with Crippen molar-refractivity contribution < 1.29 is 114 Å². The van der Waals surface area contributed by atoms with E-state index >= 15 is 0 Å². The second-order valence-corrected chi connectivity index (χ2v) is 7.88. The molecule has 0 aromatic carbocycles. The number of rotatable bonds is 12. The molecule has 0 aliphatic carbocycles. The minimum Gasteiger partial charge on any atom is -0.199 e. The summed E-state index contributed by atoms with van der Waals surface area (Å²) >= 11 is 0. The van der Waals surface area contributed by atoms with Crippen molar-refractivity contribution in [3.05, 3.63) is 12.2 Å². The van der Waals surface area contributed by atoms with Crippen molar-refractivity contribution in [1.82, 2.24) is 0 Å². The summed E-state index contributed by atoms with van der Waals surface area (Å²) in [5, 5.41) is 0. The van der Waals surface area contributed by atoms with Gasteiger partial charge in [-0.05, 0) is 0 Å². The summed E-state index contributed by atoms with van der Waals surface area (Å²) in [7, 11) is 0.